The highest BCUT2D eigenvalue weighted by molar-refractivity contribution is 6.31. The molecule has 2 N–H and O–H groups in total. The van der Waals surface area contributed by atoms with Crippen molar-refractivity contribution in [3.63, 3.8) is 0 Å². The van der Waals surface area contributed by atoms with E-state index in [1.807, 2.05) is 0 Å². The van der Waals surface area contributed by atoms with Crippen molar-refractivity contribution in [2.75, 3.05) is 13.2 Å². The van der Waals surface area contributed by atoms with Crippen LogP contribution in [0.1, 0.15) is 35.8 Å². The van der Waals surface area contributed by atoms with E-state index in [2.05, 4.69) is 5.32 Å². The zero-order valence-electron chi connectivity index (χ0n) is 11.1. The van der Waals surface area contributed by atoms with Crippen LogP contribution in [-0.2, 0) is 4.79 Å². The number of amides is 1. The summed E-state index contributed by atoms with van der Waals surface area (Å²) >= 11 is 5.76. The first-order valence-electron chi connectivity index (χ1n) is 5.94. The zero-order chi connectivity index (χ0) is 15.3. The van der Waals surface area contributed by atoms with Crippen molar-refractivity contribution in [2.45, 2.75) is 19.9 Å². The molecule has 7 heteroatoms. The number of rotatable bonds is 7. The van der Waals surface area contributed by atoms with Crippen LogP contribution in [0.5, 0.6) is 5.75 Å². The molecule has 1 aromatic carbocycles. The third kappa shape index (κ3) is 3.26. The van der Waals surface area contributed by atoms with Gasteiger partial charge in [0.15, 0.2) is 11.6 Å². The van der Waals surface area contributed by atoms with Crippen LogP contribution in [0.25, 0.3) is 0 Å². The molecule has 1 aromatic rings. The molecule has 0 saturated carbocycles. The minimum Gasteiger partial charge on any atom is -0.493 e. The maximum Gasteiger partial charge on any atom is 0.207 e. The second kappa shape index (κ2) is 7.21. The van der Waals surface area contributed by atoms with Crippen LogP contribution in [0, 0.1) is 5.82 Å². The number of hydrogen-bond acceptors (Lipinski definition) is 4. The lowest BCUT2D eigenvalue weighted by molar-refractivity contribution is -0.110. The Hall–Kier alpha value is -1.66. The number of halogens is 2. The lowest BCUT2D eigenvalue weighted by Crippen LogP contribution is -2.25. The Morgan fingerprint density at radius 1 is 1.65 bits per heavy atom. The molecule has 0 spiro atoms. The van der Waals surface area contributed by atoms with Crippen molar-refractivity contribution < 1.29 is 23.8 Å². The Bertz CT molecular complexity index is 522. The van der Waals surface area contributed by atoms with E-state index in [0.29, 0.717) is 6.41 Å². The minimum atomic E-state index is -1.05. The summed E-state index contributed by atoms with van der Waals surface area (Å²) in [4.78, 5) is 22.2. The molecular formula is C13H15ClFNO4. The first-order chi connectivity index (χ1) is 9.47. The molecule has 1 unspecified atom stereocenters. The number of hydrogen-bond donors (Lipinski definition) is 2. The average Bonchev–Trinajstić information content (AvgIpc) is 2.41. The lowest BCUT2D eigenvalue weighted by atomic mass is 9.99. The van der Waals surface area contributed by atoms with Gasteiger partial charge in [0, 0.05) is 0 Å². The van der Waals surface area contributed by atoms with Crippen molar-refractivity contribution in [1.82, 2.24) is 5.32 Å². The molecule has 1 rings (SSSR count). The summed E-state index contributed by atoms with van der Waals surface area (Å²) in [5.74, 6) is -1.22. The van der Waals surface area contributed by atoms with Gasteiger partial charge in [-0.15, -0.1) is 0 Å². The van der Waals surface area contributed by atoms with E-state index in [4.69, 9.17) is 16.3 Å². The molecule has 0 heterocycles. The van der Waals surface area contributed by atoms with E-state index in [9.17, 15) is 19.1 Å². The number of Topliss-reactive ketones (excluding diaryl/α,β-unsaturated/α-hetero) is 1. The summed E-state index contributed by atoms with van der Waals surface area (Å²) in [6.07, 6.45) is 0.324. The van der Waals surface area contributed by atoms with E-state index in [0.717, 1.165) is 0 Å². The van der Waals surface area contributed by atoms with Crippen molar-refractivity contribution >= 4 is 23.8 Å². The summed E-state index contributed by atoms with van der Waals surface area (Å²) in [6, 6.07) is 0.120. The molecule has 0 fully saturated rings. The first-order valence-corrected chi connectivity index (χ1v) is 6.31. The van der Waals surface area contributed by atoms with Gasteiger partial charge in [-0.3, -0.25) is 9.59 Å². The normalized spacial score (nSPS) is 11.8. The van der Waals surface area contributed by atoms with Crippen molar-refractivity contribution in [1.29, 1.82) is 0 Å². The molecule has 5 nitrogen and oxygen atoms in total. The van der Waals surface area contributed by atoms with Gasteiger partial charge in [0.1, 0.15) is 5.75 Å². The van der Waals surface area contributed by atoms with Crippen LogP contribution in [-0.4, -0.2) is 30.5 Å². The number of nitrogens with one attached hydrogen (secondary N) is 1. The van der Waals surface area contributed by atoms with Gasteiger partial charge >= 0.3 is 0 Å². The van der Waals surface area contributed by atoms with Gasteiger partial charge in [-0.1, -0.05) is 11.6 Å². The second-order valence-corrected chi connectivity index (χ2v) is 4.38. The molecule has 0 radical (unpaired) electrons. The van der Waals surface area contributed by atoms with Crippen LogP contribution in [0.15, 0.2) is 6.07 Å². The maximum atomic E-state index is 14.2. The van der Waals surface area contributed by atoms with Crippen LogP contribution in [0.2, 0.25) is 5.02 Å². The smallest absolute Gasteiger partial charge is 0.207 e. The van der Waals surface area contributed by atoms with Crippen LogP contribution >= 0.6 is 11.6 Å². The van der Waals surface area contributed by atoms with Crippen LogP contribution in [0.3, 0.4) is 0 Å². The van der Waals surface area contributed by atoms with Gasteiger partial charge in [0.25, 0.3) is 0 Å². The molecule has 0 aromatic heterocycles. The summed E-state index contributed by atoms with van der Waals surface area (Å²) in [6.45, 7) is 2.58. The van der Waals surface area contributed by atoms with Crippen molar-refractivity contribution in [3.05, 3.63) is 28.0 Å². The van der Waals surface area contributed by atoms with Gasteiger partial charge in [-0.2, -0.15) is 0 Å². The van der Waals surface area contributed by atoms with E-state index >= 15 is 0 Å². The van der Waals surface area contributed by atoms with Gasteiger partial charge < -0.3 is 15.2 Å². The molecule has 0 bridgehead atoms. The molecule has 0 aliphatic carbocycles. The third-order valence-corrected chi connectivity index (χ3v) is 2.95. The predicted octanol–water partition coefficient (Wildman–Crippen LogP) is 1.86. The number of ether oxygens (including phenoxy) is 1. The Morgan fingerprint density at radius 2 is 2.30 bits per heavy atom. The van der Waals surface area contributed by atoms with Gasteiger partial charge in [0.2, 0.25) is 6.41 Å². The summed E-state index contributed by atoms with van der Waals surface area (Å²) in [5.41, 5.74) is -0.0430. The Balaban J connectivity index is 3.58. The van der Waals surface area contributed by atoms with E-state index in [1.165, 1.54) is 13.0 Å². The van der Waals surface area contributed by atoms with E-state index < -0.39 is 18.5 Å². The van der Waals surface area contributed by atoms with Crippen molar-refractivity contribution in [2.24, 2.45) is 0 Å². The molecular weight excluding hydrogens is 289 g/mol. The number of aliphatic hydroxyl groups excluding tert-OH is 1. The van der Waals surface area contributed by atoms with Gasteiger partial charge in [0.05, 0.1) is 35.4 Å². The lowest BCUT2D eigenvalue weighted by Gasteiger charge is -2.21. The summed E-state index contributed by atoms with van der Waals surface area (Å²) in [7, 11) is 0. The van der Waals surface area contributed by atoms with Crippen LogP contribution in [0.4, 0.5) is 4.39 Å². The minimum absolute atomic E-state index is 0.0182. The maximum absolute atomic E-state index is 14.2. The average molecular weight is 304 g/mol. The Labute approximate surface area is 120 Å². The highest BCUT2D eigenvalue weighted by Crippen LogP contribution is 2.36. The molecule has 0 saturated heterocycles. The molecule has 0 aliphatic heterocycles. The number of carbonyl (C=O) groups is 2. The zero-order valence-corrected chi connectivity index (χ0v) is 11.8. The number of benzene rings is 1. The quantitative estimate of drug-likeness (QED) is 0.595. The Kier molecular flexibility index (Phi) is 5.91. The topological polar surface area (TPSA) is 75.6 Å². The fourth-order valence-corrected chi connectivity index (χ4v) is 2.02. The highest BCUT2D eigenvalue weighted by Gasteiger charge is 2.26. The third-order valence-electron chi connectivity index (χ3n) is 2.67. The largest absolute Gasteiger partial charge is 0.493 e. The molecule has 1 amide bonds. The van der Waals surface area contributed by atoms with Gasteiger partial charge in [-0.25, -0.2) is 4.39 Å². The molecule has 1 atom stereocenters. The fraction of sp³-hybridized carbons (Fsp3) is 0.385. The number of carbonyl (C=O) groups excluding carboxylic acids is 2. The predicted molar refractivity (Wildman–Crippen MR) is 71.6 cm³/mol. The highest BCUT2D eigenvalue weighted by atomic mass is 35.5. The standard InChI is InChI=1S/C13H15ClFNO4/c1-3-20-13-8(7(2)19)4-9(14)12(15)11(13)10(5-17)16-6-18/h4,6,10,17H,3,5H2,1-2H3,(H,16,18). The fourth-order valence-electron chi connectivity index (χ4n) is 1.81. The Morgan fingerprint density at radius 3 is 2.75 bits per heavy atom. The molecule has 20 heavy (non-hydrogen) atoms. The van der Waals surface area contributed by atoms with Crippen LogP contribution < -0.4 is 10.1 Å². The molecule has 0 aliphatic rings. The van der Waals surface area contributed by atoms with E-state index in [-0.39, 0.29) is 34.3 Å². The number of aliphatic hydroxyl groups is 1. The second-order valence-electron chi connectivity index (χ2n) is 3.97. The first kappa shape index (κ1) is 16.4. The SMILES string of the molecule is CCOc1c(C(C)=O)cc(Cl)c(F)c1C(CO)NC=O. The summed E-state index contributed by atoms with van der Waals surface area (Å²) in [5, 5.41) is 11.3. The molecule has 110 valence electrons. The van der Waals surface area contributed by atoms with Gasteiger partial charge in [-0.05, 0) is 19.9 Å². The number of ketones is 1. The van der Waals surface area contributed by atoms with Crippen molar-refractivity contribution in [3.8, 4) is 5.75 Å². The van der Waals surface area contributed by atoms with E-state index in [1.54, 1.807) is 6.92 Å². The summed E-state index contributed by atoms with van der Waals surface area (Å²) < 4.78 is 19.5. The monoisotopic (exact) mass is 303 g/mol.